The van der Waals surface area contributed by atoms with Crippen LogP contribution in [-0.4, -0.2) is 52.6 Å². The first kappa shape index (κ1) is 108. The van der Waals surface area contributed by atoms with Crippen molar-refractivity contribution in [3.05, 3.63) is 407 Å². The van der Waals surface area contributed by atoms with Crippen LogP contribution in [-0.2, 0) is 87.8 Å². The molecular weight excluding hydrogens is 2190 g/mol. The van der Waals surface area contributed by atoms with Crippen molar-refractivity contribution in [1.29, 1.82) is 0 Å². The van der Waals surface area contributed by atoms with Gasteiger partial charge in [-0.3, -0.25) is 29.3 Å². The molecule has 0 saturated carbocycles. The molecule has 0 bridgehead atoms. The van der Waals surface area contributed by atoms with Crippen LogP contribution in [0.3, 0.4) is 0 Å². The summed E-state index contributed by atoms with van der Waals surface area (Å²) in [5, 5.41) is 36.7. The molecule has 15 heteroatoms. The molecule has 0 aliphatic carbocycles. The molecule has 12 nitrogen and oxygen atoms in total. The third kappa shape index (κ3) is 27.6. The number of allylic oxidation sites excluding steroid dienone is 6. The normalized spacial score (nSPS) is 11.1. The molecule has 3 N–H and O–H groups in total. The Morgan fingerprint density at radius 2 is 0.903 bits per heavy atom. The second-order valence-corrected chi connectivity index (χ2v) is 33.3. The molecule has 5 aromatic heterocycles. The Labute approximate surface area is 831 Å². The van der Waals surface area contributed by atoms with E-state index in [-0.39, 0.29) is 129 Å². The molecule has 3 radical (unpaired) electrons. The molecule has 13 aromatic carbocycles. The molecule has 689 valence electrons. The van der Waals surface area contributed by atoms with Crippen molar-refractivity contribution in [2.45, 2.75) is 139 Å². The Kier molecular flexibility index (Phi) is 40.4. The Morgan fingerprint density at radius 3 is 1.47 bits per heavy atom. The van der Waals surface area contributed by atoms with Crippen molar-refractivity contribution in [2.75, 3.05) is 0 Å². The first-order valence-electron chi connectivity index (χ1n) is 43.2. The fraction of sp³-hybridized carbons (Fsp3) is 0.185. The fourth-order valence-corrected chi connectivity index (χ4v) is 15.9. The van der Waals surface area contributed by atoms with Crippen molar-refractivity contribution in [3.63, 3.8) is 0 Å². The van der Waals surface area contributed by atoms with Gasteiger partial charge in [-0.15, -0.1) is 93.4 Å². The van der Waals surface area contributed by atoms with Crippen LogP contribution in [0.4, 0.5) is 0 Å². The van der Waals surface area contributed by atoms with Crippen LogP contribution in [0.15, 0.2) is 339 Å². The Balaban J connectivity index is 0.000000216. The molecule has 18 aromatic rings. The number of para-hydroxylation sites is 2. The minimum absolute atomic E-state index is 0. The number of carbonyl (C=O) groups is 3. The summed E-state index contributed by atoms with van der Waals surface area (Å²) in [6, 6.07) is 113. The minimum atomic E-state index is -0.125. The monoisotopic (exact) mass is 2310 g/mol. The van der Waals surface area contributed by atoms with Gasteiger partial charge < -0.3 is 20.3 Å². The SMILES string of the molecule is C.C.C.CC(=O)C=C(C)O.CC(=O)C=C(C)O.CC(C)C(=O)C=C(O)C(C)C.Cc1[c-]c(-c2ccc3ccc(C)cc3n2)cc(C)c1.Cc1[c-]c(-c2ccc3ccccc3n2)cc(C)c1.Cc1cc2ccccc2[n+]2c1-c1ccccc1C2.Cc1cnc2c3[c-]cc(-c4ccccc4)cc3c3cc(-c4ccccc4)ccc3c2n1.[Ir].[Ir].[Ir].c1ccc2c(c1)C[n+]1ccc3ccccc3c1-2. The third-order valence-corrected chi connectivity index (χ3v) is 21.8. The van der Waals surface area contributed by atoms with Gasteiger partial charge in [-0.25, -0.2) is 0 Å². The van der Waals surface area contributed by atoms with Gasteiger partial charge in [-0.05, 0) is 141 Å². The number of aryl methyl sites for hydroxylation is 7. The number of aliphatic hydroxyl groups is 3. The van der Waals surface area contributed by atoms with E-state index in [0.29, 0.717) is 0 Å². The number of aromatic nitrogens is 6. The largest absolute Gasteiger partial charge is 0.512 e. The molecule has 0 amide bonds. The number of aliphatic hydroxyl groups excluding tert-OH is 3. The van der Waals surface area contributed by atoms with Crippen molar-refractivity contribution in [2.24, 2.45) is 11.8 Å². The first-order valence-corrected chi connectivity index (χ1v) is 43.2. The predicted molar refractivity (Wildman–Crippen MR) is 547 cm³/mol. The number of rotatable bonds is 9. The molecular formula is C119H119Ir3N6O6-. The summed E-state index contributed by atoms with van der Waals surface area (Å²) in [6.07, 6.45) is 7.68. The average molecular weight is 2310 g/mol. The van der Waals surface area contributed by atoms with Crippen LogP contribution in [0, 0.1) is 78.5 Å². The number of nitrogens with zero attached hydrogens (tertiary/aromatic N) is 6. The van der Waals surface area contributed by atoms with E-state index in [1.54, 1.807) is 0 Å². The predicted octanol–water partition coefficient (Wildman–Crippen LogP) is 29.2. The molecule has 0 fully saturated rings. The summed E-state index contributed by atoms with van der Waals surface area (Å²) in [7, 11) is 0. The number of fused-ring (bicyclic) bond motifs is 18. The molecule has 7 heterocycles. The maximum Gasteiger partial charge on any atom is 0.221 e. The van der Waals surface area contributed by atoms with E-state index in [1.807, 2.05) is 71.1 Å². The van der Waals surface area contributed by atoms with Crippen molar-refractivity contribution < 1.29 is 99.2 Å². The van der Waals surface area contributed by atoms with E-state index in [1.165, 1.54) is 156 Å². The smallest absolute Gasteiger partial charge is 0.221 e. The zero-order valence-electron chi connectivity index (χ0n) is 76.4. The van der Waals surface area contributed by atoms with Crippen molar-refractivity contribution >= 4 is 93.4 Å². The number of ketones is 3. The first-order chi connectivity index (χ1) is 61.6. The second-order valence-electron chi connectivity index (χ2n) is 33.3. The van der Waals surface area contributed by atoms with Gasteiger partial charge in [0.2, 0.25) is 16.9 Å². The number of carbonyl (C=O) groups excluding carboxylic acids is 3. The summed E-state index contributed by atoms with van der Waals surface area (Å²) in [6.45, 7) is 29.6. The molecule has 134 heavy (non-hydrogen) atoms. The standard InChI is InChI=1S/C29H19N2.C18H16N.2C17H14N.C16H12N.C9H16O2.2C5H8O2.3CH4.3Ir/c1-19-18-30-28-24-14-12-22(20-8-4-2-5-9-20)16-26(24)27-17-23(21-10-6-3-7-11-21)13-15-25(27)29(28)31-19;1-12-4-5-15-6-7-17(19-18(15)11-12)16-9-13(2)8-14(3)10-16;1-12-10-13-6-3-5-9-16(13)18-11-14-7-2-4-8-15(14)17(12)18;1-12-9-13(2)11-15(10-12)17-8-7-14-5-3-4-6-16(14)18-17;1-3-7-14-12(5-1)9-10-17-11-13-6-2-4-8-15(13)16(14)17;1-6(2)8(10)5-9(11)7(3)4;2*1-4(6)3-5(2)7;;;;;;/h2-13,15-18H,1H3;4-9,11H,1-3H3;2-10H,11H2,1H3;3-10H,1-2H3;1-10H,11H2;5-7,10H,1-4H3;2*3,6H,1-2H3;3*1H4;;;/q2*-1;+1;-1;+1;;;;;;;;;. The van der Waals surface area contributed by atoms with E-state index < -0.39 is 0 Å². The van der Waals surface area contributed by atoms with E-state index in [9.17, 15) is 19.5 Å². The van der Waals surface area contributed by atoms with Crippen LogP contribution < -0.4 is 9.13 Å². The average Bonchev–Trinajstić information content (AvgIpc) is 0.992. The summed E-state index contributed by atoms with van der Waals surface area (Å²) in [4.78, 5) is 50.1. The van der Waals surface area contributed by atoms with Crippen molar-refractivity contribution in [3.8, 4) is 67.3 Å². The van der Waals surface area contributed by atoms with Gasteiger partial charge in [0.05, 0.1) is 56.0 Å². The number of pyridine rings is 4. The molecule has 0 saturated heterocycles. The van der Waals surface area contributed by atoms with E-state index >= 15 is 0 Å². The summed E-state index contributed by atoms with van der Waals surface area (Å²) in [5.41, 5.74) is 30.8. The summed E-state index contributed by atoms with van der Waals surface area (Å²) >= 11 is 0. The van der Waals surface area contributed by atoms with Gasteiger partial charge in [0.1, 0.15) is 0 Å². The van der Waals surface area contributed by atoms with E-state index in [0.717, 1.165) is 96.2 Å². The minimum Gasteiger partial charge on any atom is -0.512 e. The van der Waals surface area contributed by atoms with Gasteiger partial charge in [0.25, 0.3) is 0 Å². The maximum atomic E-state index is 11.0. The van der Waals surface area contributed by atoms with E-state index in [2.05, 4.69) is 336 Å². The van der Waals surface area contributed by atoms with Crippen LogP contribution in [0.1, 0.15) is 128 Å². The Hall–Kier alpha value is -13.1. The van der Waals surface area contributed by atoms with Crippen LogP contribution >= 0.6 is 0 Å². The number of hydrogen-bond donors (Lipinski definition) is 3. The van der Waals surface area contributed by atoms with Crippen LogP contribution in [0.25, 0.3) is 143 Å². The molecule has 20 rings (SSSR count). The van der Waals surface area contributed by atoms with Gasteiger partial charge in [0, 0.05) is 136 Å². The van der Waals surface area contributed by atoms with Gasteiger partial charge >= 0.3 is 0 Å². The van der Waals surface area contributed by atoms with Gasteiger partial charge in [-0.1, -0.05) is 300 Å². The number of benzene rings is 13. The molecule has 0 atom stereocenters. The van der Waals surface area contributed by atoms with Gasteiger partial charge in [-0.2, -0.15) is 9.13 Å². The molecule has 2 aliphatic rings. The molecule has 2 aliphatic heterocycles. The van der Waals surface area contributed by atoms with Crippen LogP contribution in [0.5, 0.6) is 0 Å². The second kappa shape index (κ2) is 50.1. The third-order valence-electron chi connectivity index (χ3n) is 21.8. The summed E-state index contributed by atoms with van der Waals surface area (Å²) in [5.74, 6) is 0.0356. The van der Waals surface area contributed by atoms with E-state index in [4.69, 9.17) is 30.1 Å². The Morgan fingerprint density at radius 1 is 0.403 bits per heavy atom. The maximum absolute atomic E-state index is 11.0. The zero-order valence-corrected chi connectivity index (χ0v) is 83.6. The van der Waals surface area contributed by atoms with Crippen LogP contribution in [0.2, 0.25) is 0 Å². The van der Waals surface area contributed by atoms with Crippen molar-refractivity contribution in [1.82, 2.24) is 19.9 Å². The number of hydrogen-bond acceptors (Lipinski definition) is 10. The summed E-state index contributed by atoms with van der Waals surface area (Å²) < 4.78 is 4.78. The Bertz CT molecular complexity index is 7200. The van der Waals surface area contributed by atoms with Gasteiger partial charge in [0.15, 0.2) is 36.6 Å². The molecule has 0 unspecified atom stereocenters. The molecule has 0 spiro atoms. The zero-order chi connectivity index (χ0) is 90.8. The topological polar surface area (TPSA) is 171 Å². The quantitative estimate of drug-likeness (QED) is 0.0415. The fourth-order valence-electron chi connectivity index (χ4n) is 15.9.